The Morgan fingerprint density at radius 2 is 1.86 bits per heavy atom. The highest BCUT2D eigenvalue weighted by Crippen LogP contribution is 2.24. The zero-order chi connectivity index (χ0) is 15.7. The number of hydrogen-bond acceptors (Lipinski definition) is 4. The van der Waals surface area contributed by atoms with E-state index in [1.807, 2.05) is 0 Å². The van der Waals surface area contributed by atoms with Crippen molar-refractivity contribution in [3.8, 4) is 5.75 Å². The molecule has 0 aromatic heterocycles. The summed E-state index contributed by atoms with van der Waals surface area (Å²) in [7, 11) is 3.13. The Bertz CT molecular complexity index is 451. The Morgan fingerprint density at radius 1 is 1.24 bits per heavy atom. The molecule has 0 saturated heterocycles. The van der Waals surface area contributed by atoms with Crippen LogP contribution in [0, 0.1) is 5.82 Å². The van der Waals surface area contributed by atoms with Crippen LogP contribution in [0.15, 0.2) is 18.2 Å². The minimum atomic E-state index is -0.458. The molecule has 1 rings (SSSR count). The first-order valence-electron chi connectivity index (χ1n) is 6.42. The Labute approximate surface area is 128 Å². The Balaban J connectivity index is 2.55. The number of benzene rings is 1. The lowest BCUT2D eigenvalue weighted by Crippen LogP contribution is -2.39. The minimum Gasteiger partial charge on any atom is -0.482 e. The molecule has 0 atom stereocenters. The Kier molecular flexibility index (Phi) is 8.04. The van der Waals surface area contributed by atoms with Crippen molar-refractivity contribution in [3.63, 3.8) is 0 Å². The molecule has 1 amide bonds. The van der Waals surface area contributed by atoms with E-state index >= 15 is 0 Å². The second-order valence-electron chi connectivity index (χ2n) is 4.23. The molecule has 5 nitrogen and oxygen atoms in total. The van der Waals surface area contributed by atoms with Crippen molar-refractivity contribution in [2.24, 2.45) is 0 Å². The molecular formula is C14H19ClFNO4. The number of nitrogens with zero attached hydrogens (tertiary/aromatic N) is 1. The number of halogens is 2. The van der Waals surface area contributed by atoms with Crippen LogP contribution >= 0.6 is 11.6 Å². The number of hydrogen-bond donors (Lipinski definition) is 0. The second kappa shape index (κ2) is 9.55. The predicted octanol–water partition coefficient (Wildman–Crippen LogP) is 1.98. The van der Waals surface area contributed by atoms with E-state index in [1.54, 1.807) is 19.1 Å². The van der Waals surface area contributed by atoms with E-state index in [1.165, 1.54) is 12.1 Å². The molecule has 21 heavy (non-hydrogen) atoms. The lowest BCUT2D eigenvalue weighted by atomic mass is 10.3. The predicted molar refractivity (Wildman–Crippen MR) is 77.2 cm³/mol. The first-order chi connectivity index (χ1) is 10.1. The summed E-state index contributed by atoms with van der Waals surface area (Å²) in [6.45, 7) is 1.55. The average molecular weight is 320 g/mol. The molecule has 0 aliphatic rings. The highest BCUT2D eigenvalue weighted by molar-refractivity contribution is 6.32. The number of carbonyl (C=O) groups is 1. The number of carbonyl (C=O) groups excluding carboxylic acids is 1. The molecule has 0 fully saturated rings. The second-order valence-corrected chi connectivity index (χ2v) is 4.64. The number of amides is 1. The third kappa shape index (κ3) is 6.29. The standard InChI is InChI=1S/C14H19ClFNO4/c1-19-7-5-17(6-8-20-2)14(18)10-21-13-4-3-11(16)9-12(13)15/h3-4,9H,5-8,10H2,1-2H3. The van der Waals surface area contributed by atoms with Gasteiger partial charge >= 0.3 is 0 Å². The van der Waals surface area contributed by atoms with Crippen LogP contribution in [-0.4, -0.2) is 57.9 Å². The monoisotopic (exact) mass is 319 g/mol. The maximum Gasteiger partial charge on any atom is 0.260 e. The number of methoxy groups -OCH3 is 2. The van der Waals surface area contributed by atoms with Crippen LogP contribution in [0.25, 0.3) is 0 Å². The molecule has 1 aromatic rings. The van der Waals surface area contributed by atoms with Gasteiger partial charge < -0.3 is 19.1 Å². The van der Waals surface area contributed by atoms with Gasteiger partial charge in [0.2, 0.25) is 0 Å². The van der Waals surface area contributed by atoms with Crippen LogP contribution in [0.3, 0.4) is 0 Å². The fourth-order valence-corrected chi connectivity index (χ4v) is 1.81. The van der Waals surface area contributed by atoms with Gasteiger partial charge in [-0.2, -0.15) is 0 Å². The summed E-state index contributed by atoms with van der Waals surface area (Å²) in [6.07, 6.45) is 0. The summed E-state index contributed by atoms with van der Waals surface area (Å²) in [4.78, 5) is 13.7. The van der Waals surface area contributed by atoms with Crippen LogP contribution in [0.2, 0.25) is 5.02 Å². The number of rotatable bonds is 9. The van der Waals surface area contributed by atoms with Crippen LogP contribution in [0.5, 0.6) is 5.75 Å². The van der Waals surface area contributed by atoms with Gasteiger partial charge in [-0.05, 0) is 18.2 Å². The molecule has 1 aromatic carbocycles. The van der Waals surface area contributed by atoms with Crippen molar-refractivity contribution < 1.29 is 23.4 Å². The van der Waals surface area contributed by atoms with Gasteiger partial charge in [0.15, 0.2) is 6.61 Å². The van der Waals surface area contributed by atoms with E-state index in [9.17, 15) is 9.18 Å². The lowest BCUT2D eigenvalue weighted by Gasteiger charge is -2.22. The van der Waals surface area contributed by atoms with E-state index in [0.29, 0.717) is 26.3 Å². The molecule has 0 saturated carbocycles. The van der Waals surface area contributed by atoms with Gasteiger partial charge in [0.05, 0.1) is 18.2 Å². The van der Waals surface area contributed by atoms with Crippen LogP contribution in [-0.2, 0) is 14.3 Å². The first kappa shape index (κ1) is 17.7. The zero-order valence-electron chi connectivity index (χ0n) is 12.1. The lowest BCUT2D eigenvalue weighted by molar-refractivity contribution is -0.134. The molecule has 0 aliphatic heterocycles. The van der Waals surface area contributed by atoms with E-state index in [2.05, 4.69) is 0 Å². The molecule has 0 unspecified atom stereocenters. The van der Waals surface area contributed by atoms with Gasteiger partial charge in [0.1, 0.15) is 11.6 Å². The zero-order valence-corrected chi connectivity index (χ0v) is 12.9. The topological polar surface area (TPSA) is 48.0 Å². The summed E-state index contributed by atoms with van der Waals surface area (Å²) in [5.41, 5.74) is 0. The van der Waals surface area contributed by atoms with Gasteiger partial charge in [0.25, 0.3) is 5.91 Å². The summed E-state index contributed by atoms with van der Waals surface area (Å²) < 4.78 is 28.2. The molecule has 0 spiro atoms. The van der Waals surface area contributed by atoms with Gasteiger partial charge in [-0.25, -0.2) is 4.39 Å². The van der Waals surface area contributed by atoms with E-state index < -0.39 is 5.82 Å². The minimum absolute atomic E-state index is 0.128. The smallest absolute Gasteiger partial charge is 0.260 e. The fraction of sp³-hybridized carbons (Fsp3) is 0.500. The fourth-order valence-electron chi connectivity index (χ4n) is 1.59. The molecule has 0 aliphatic carbocycles. The average Bonchev–Trinajstić information content (AvgIpc) is 2.46. The van der Waals surface area contributed by atoms with Crippen molar-refractivity contribution in [2.75, 3.05) is 47.1 Å². The largest absolute Gasteiger partial charge is 0.482 e. The van der Waals surface area contributed by atoms with Crippen LogP contribution in [0.1, 0.15) is 0 Å². The first-order valence-corrected chi connectivity index (χ1v) is 6.79. The highest BCUT2D eigenvalue weighted by Gasteiger charge is 2.14. The summed E-state index contributed by atoms with van der Waals surface area (Å²) in [5.74, 6) is -0.408. The van der Waals surface area contributed by atoms with E-state index in [4.69, 9.17) is 25.8 Å². The van der Waals surface area contributed by atoms with Gasteiger partial charge in [-0.15, -0.1) is 0 Å². The maximum atomic E-state index is 12.9. The van der Waals surface area contributed by atoms with E-state index in [-0.39, 0.29) is 23.3 Å². The molecule has 0 bridgehead atoms. The Hall–Kier alpha value is -1.37. The molecule has 7 heteroatoms. The number of ether oxygens (including phenoxy) is 3. The van der Waals surface area contributed by atoms with Crippen molar-refractivity contribution in [2.45, 2.75) is 0 Å². The molecule has 118 valence electrons. The maximum absolute atomic E-state index is 12.9. The third-order valence-electron chi connectivity index (χ3n) is 2.73. The van der Waals surface area contributed by atoms with Gasteiger partial charge in [-0.3, -0.25) is 4.79 Å². The quantitative estimate of drug-likeness (QED) is 0.698. The van der Waals surface area contributed by atoms with Crippen molar-refractivity contribution in [1.29, 1.82) is 0 Å². The van der Waals surface area contributed by atoms with Crippen LogP contribution in [0.4, 0.5) is 4.39 Å². The van der Waals surface area contributed by atoms with Crippen molar-refractivity contribution in [3.05, 3.63) is 29.0 Å². The molecule has 0 N–H and O–H groups in total. The summed E-state index contributed by atoms with van der Waals surface area (Å²) >= 11 is 5.83. The third-order valence-corrected chi connectivity index (χ3v) is 3.02. The van der Waals surface area contributed by atoms with Crippen molar-refractivity contribution >= 4 is 17.5 Å². The van der Waals surface area contributed by atoms with E-state index in [0.717, 1.165) is 6.07 Å². The molecular weight excluding hydrogens is 301 g/mol. The van der Waals surface area contributed by atoms with Gasteiger partial charge in [0, 0.05) is 27.3 Å². The van der Waals surface area contributed by atoms with Gasteiger partial charge in [-0.1, -0.05) is 11.6 Å². The summed E-state index contributed by atoms with van der Waals surface area (Å²) in [5, 5.41) is 0.128. The Morgan fingerprint density at radius 3 is 2.38 bits per heavy atom. The molecule has 0 heterocycles. The highest BCUT2D eigenvalue weighted by atomic mass is 35.5. The van der Waals surface area contributed by atoms with Crippen LogP contribution < -0.4 is 4.74 Å². The van der Waals surface area contributed by atoms with Crippen molar-refractivity contribution in [1.82, 2.24) is 4.90 Å². The molecule has 0 radical (unpaired) electrons. The SMILES string of the molecule is COCCN(CCOC)C(=O)COc1ccc(F)cc1Cl. The normalized spacial score (nSPS) is 10.5. The summed E-state index contributed by atoms with van der Waals surface area (Å²) in [6, 6.07) is 3.74.